The van der Waals surface area contributed by atoms with Crippen LogP contribution in [0.5, 0.6) is 0 Å². The van der Waals surface area contributed by atoms with Crippen LogP contribution < -0.4 is 0 Å². The molecule has 2 aliphatic carbocycles. The average Bonchev–Trinajstić information content (AvgIpc) is 3.72. The number of hydrogen-bond acceptors (Lipinski definition) is 0. The summed E-state index contributed by atoms with van der Waals surface area (Å²) in [5.41, 5.74) is 25.8. The van der Waals surface area contributed by atoms with Gasteiger partial charge >= 0.3 is 322 Å². The van der Waals surface area contributed by atoms with Crippen molar-refractivity contribution >= 4 is 29.3 Å². The quantitative estimate of drug-likeness (QED) is 0.140. The molecule has 6 aromatic carbocycles. The van der Waals surface area contributed by atoms with Crippen molar-refractivity contribution in [3.8, 4) is 22.3 Å². The predicted molar refractivity (Wildman–Crippen MR) is 225 cm³/mol. The summed E-state index contributed by atoms with van der Waals surface area (Å²) in [4.78, 5) is 0. The van der Waals surface area contributed by atoms with Gasteiger partial charge in [-0.3, -0.25) is 0 Å². The number of allylic oxidation sites excluding steroid dienone is 2. The standard InChI is InChI=1S/2C24H21.C2H7Si.Hf/c2*1-16-12-17(2)18(3)23(13-16)22-11-7-10-20-14-21(15-24(20)22)19-8-5-4-6-9-19;1-3-2;/h2*4-15H,1-3H3;3H,1-2H3;. The summed E-state index contributed by atoms with van der Waals surface area (Å²) in [5.74, 6) is -1.13. The van der Waals surface area contributed by atoms with E-state index in [4.69, 9.17) is 0 Å². The van der Waals surface area contributed by atoms with Gasteiger partial charge in [0.25, 0.3) is 0 Å². The van der Waals surface area contributed by atoms with E-state index >= 15 is 0 Å². The molecule has 2 unspecified atom stereocenters. The van der Waals surface area contributed by atoms with Gasteiger partial charge in [-0.25, -0.2) is 0 Å². The fourth-order valence-electron chi connectivity index (χ4n) is 9.23. The molecular weight excluding hydrogens is 807 g/mol. The normalized spacial score (nSPS) is 16.1. The van der Waals surface area contributed by atoms with Crippen LogP contribution in [0, 0.1) is 41.5 Å². The van der Waals surface area contributed by atoms with Crippen LogP contribution in [0.25, 0.3) is 45.6 Å². The molecular formula is C50H49HfSi. The van der Waals surface area contributed by atoms with Crippen molar-refractivity contribution in [2.24, 2.45) is 0 Å². The van der Waals surface area contributed by atoms with E-state index in [2.05, 4.69) is 188 Å². The van der Waals surface area contributed by atoms with E-state index in [1.807, 2.05) is 0 Å². The molecule has 0 saturated carbocycles. The Balaban J connectivity index is 1.38. The molecule has 6 aromatic rings. The second-order valence-corrected chi connectivity index (χ2v) is 43.5. The van der Waals surface area contributed by atoms with Crippen molar-refractivity contribution in [2.75, 3.05) is 0 Å². The van der Waals surface area contributed by atoms with Crippen molar-refractivity contribution in [3.63, 3.8) is 0 Å². The first kappa shape index (κ1) is 34.9. The number of hydrogen-bond donors (Lipinski definition) is 0. The molecule has 0 fully saturated rings. The Bertz CT molecular complexity index is 2230. The van der Waals surface area contributed by atoms with Gasteiger partial charge in [0.15, 0.2) is 0 Å². The van der Waals surface area contributed by atoms with Gasteiger partial charge in [-0.2, -0.15) is 0 Å². The molecule has 0 bridgehead atoms. The zero-order valence-corrected chi connectivity index (χ0v) is 36.7. The Morgan fingerprint density at radius 1 is 0.442 bits per heavy atom. The van der Waals surface area contributed by atoms with E-state index in [9.17, 15) is 0 Å². The van der Waals surface area contributed by atoms with Crippen LogP contribution in [0.4, 0.5) is 0 Å². The Kier molecular flexibility index (Phi) is 9.43. The van der Waals surface area contributed by atoms with E-state index < -0.39 is 26.6 Å². The van der Waals surface area contributed by atoms with Crippen molar-refractivity contribution in [2.45, 2.75) is 62.0 Å². The van der Waals surface area contributed by atoms with Crippen molar-refractivity contribution in [1.29, 1.82) is 0 Å². The molecule has 2 atom stereocenters. The molecule has 0 aromatic heterocycles. The molecule has 0 radical (unpaired) electrons. The molecule has 0 amide bonds. The van der Waals surface area contributed by atoms with Crippen LogP contribution in [0.1, 0.15) is 74.1 Å². The Hall–Kier alpha value is -4.11. The number of aryl methyl sites for hydroxylation is 4. The summed E-state index contributed by atoms with van der Waals surface area (Å²) in [6, 6.07) is 46.8. The summed E-state index contributed by atoms with van der Waals surface area (Å²) in [7, 11) is 0. The average molecular weight is 857 g/mol. The molecule has 2 heteroatoms. The molecule has 0 N–H and O–H groups in total. The van der Waals surface area contributed by atoms with E-state index in [-0.39, 0.29) is 0 Å². The minimum atomic E-state index is -2.74. The van der Waals surface area contributed by atoms with Gasteiger partial charge in [0.2, 0.25) is 0 Å². The third-order valence-electron chi connectivity index (χ3n) is 11.9. The van der Waals surface area contributed by atoms with Crippen LogP contribution in [-0.2, 0) is 20.6 Å². The van der Waals surface area contributed by atoms with Crippen LogP contribution in [0.3, 0.4) is 0 Å². The maximum atomic E-state index is 2.69. The van der Waals surface area contributed by atoms with Crippen LogP contribution in [0.15, 0.2) is 121 Å². The molecule has 0 heterocycles. The van der Waals surface area contributed by atoms with Gasteiger partial charge in [0.1, 0.15) is 0 Å². The molecule has 8 rings (SSSR count). The fraction of sp³-hybridized carbons (Fsp3) is 0.200. The van der Waals surface area contributed by atoms with Gasteiger partial charge in [-0.1, -0.05) is 0 Å². The third kappa shape index (κ3) is 6.02. The first-order chi connectivity index (χ1) is 25.1. The summed E-state index contributed by atoms with van der Waals surface area (Å²) < 4.78 is 0.991. The van der Waals surface area contributed by atoms with Crippen molar-refractivity contribution < 1.29 is 20.6 Å². The Morgan fingerprint density at radius 3 is 1.23 bits per heavy atom. The molecule has 0 nitrogen and oxygen atoms in total. The van der Waals surface area contributed by atoms with Gasteiger partial charge in [0, 0.05) is 0 Å². The number of fused-ring (bicyclic) bond motifs is 2. The molecule has 2 aliphatic rings. The zero-order valence-electron chi connectivity index (χ0n) is 31.9. The van der Waals surface area contributed by atoms with Gasteiger partial charge in [0.05, 0.1) is 0 Å². The van der Waals surface area contributed by atoms with Crippen LogP contribution in [-0.4, -0.2) is 5.98 Å². The predicted octanol–water partition coefficient (Wildman–Crippen LogP) is 13.4. The molecule has 0 aliphatic heterocycles. The van der Waals surface area contributed by atoms with Gasteiger partial charge in [-0.05, 0) is 0 Å². The van der Waals surface area contributed by atoms with Crippen LogP contribution >= 0.6 is 0 Å². The SMILES string of the molecule is Cc1cc(C)c(C)c(-c2cccc3c2C=C(c2ccccc2)[CH]3[Hf]([CH]2C(c3ccccc3)=Cc3c(-c4cc(C)cc(C)c4C)cccc32)[SiH](C)C)c1. The Labute approximate surface area is 320 Å². The Morgan fingerprint density at radius 2 is 0.846 bits per heavy atom. The monoisotopic (exact) mass is 857 g/mol. The summed E-state index contributed by atoms with van der Waals surface area (Å²) in [5, 5.41) is 0. The maximum absolute atomic E-state index is 2.74. The van der Waals surface area contributed by atoms with E-state index in [0.717, 1.165) is 0 Å². The van der Waals surface area contributed by atoms with Gasteiger partial charge in [-0.15, -0.1) is 0 Å². The van der Waals surface area contributed by atoms with E-state index in [1.165, 1.54) is 77.9 Å². The summed E-state index contributed by atoms with van der Waals surface area (Å²) in [6.45, 7) is 19.0. The topological polar surface area (TPSA) is 0 Å². The van der Waals surface area contributed by atoms with Crippen molar-refractivity contribution in [3.05, 3.63) is 188 Å². The fourth-order valence-corrected chi connectivity index (χ4v) is 40.8. The molecule has 0 spiro atoms. The first-order valence-corrected chi connectivity index (χ1v) is 32.2. The zero-order chi connectivity index (χ0) is 36.3. The van der Waals surface area contributed by atoms with E-state index in [1.54, 1.807) is 22.3 Å². The third-order valence-corrected chi connectivity index (χ3v) is 42.3. The summed E-state index contributed by atoms with van der Waals surface area (Å²) >= 11 is -2.74. The van der Waals surface area contributed by atoms with Gasteiger partial charge < -0.3 is 0 Å². The molecule has 0 saturated heterocycles. The second-order valence-electron chi connectivity index (χ2n) is 15.6. The van der Waals surface area contributed by atoms with Crippen LogP contribution in [0.2, 0.25) is 13.1 Å². The molecule has 257 valence electrons. The van der Waals surface area contributed by atoms with Crippen molar-refractivity contribution in [1.82, 2.24) is 0 Å². The van der Waals surface area contributed by atoms with E-state index in [0.29, 0.717) is 7.35 Å². The second kappa shape index (κ2) is 14.0. The number of rotatable bonds is 7. The minimum absolute atomic E-state index is 0.495. The summed E-state index contributed by atoms with van der Waals surface area (Å²) in [6.07, 6.45) is 5.25. The molecule has 52 heavy (non-hydrogen) atoms. The number of benzene rings is 6. The first-order valence-electron chi connectivity index (χ1n) is 18.9.